The lowest BCUT2D eigenvalue weighted by Gasteiger charge is -2.04. The molecule has 0 atom stereocenters. The normalized spacial score (nSPS) is 11.8. The van der Waals surface area contributed by atoms with Gasteiger partial charge >= 0.3 is 0 Å². The Bertz CT molecular complexity index is 577. The van der Waals surface area contributed by atoms with Gasteiger partial charge in [0.25, 0.3) is 0 Å². The summed E-state index contributed by atoms with van der Waals surface area (Å²) in [4.78, 5) is 0. The lowest BCUT2D eigenvalue weighted by molar-refractivity contribution is 0.562. The highest BCUT2D eigenvalue weighted by Crippen LogP contribution is 2.14. The average molecular weight is 292 g/mol. The van der Waals surface area contributed by atoms with Gasteiger partial charge < -0.3 is 0 Å². The zero-order valence-corrected chi connectivity index (χ0v) is 11.1. The van der Waals surface area contributed by atoms with Crippen LogP contribution in [0.5, 0.6) is 0 Å². The van der Waals surface area contributed by atoms with E-state index in [1.807, 2.05) is 0 Å². The molecule has 17 heavy (non-hydrogen) atoms. The molecule has 1 N–H and O–H groups in total. The van der Waals surface area contributed by atoms with Crippen molar-refractivity contribution < 1.29 is 8.42 Å². The van der Waals surface area contributed by atoms with Gasteiger partial charge in [-0.2, -0.15) is 5.10 Å². The zero-order valence-electron chi connectivity index (χ0n) is 8.71. The molecule has 2 aromatic rings. The molecule has 5 nitrogen and oxygen atoms in total. The summed E-state index contributed by atoms with van der Waals surface area (Å²) < 4.78 is 27.9. The van der Waals surface area contributed by atoms with Crippen LogP contribution in [0, 0.1) is 0 Å². The SMILES string of the molecule is O=S(=O)(NCCn1cc(Cl)cn1)c1cccs1. The molecule has 0 aliphatic carbocycles. The fraction of sp³-hybridized carbons (Fsp3) is 0.222. The second-order valence-corrected chi connectivity index (χ2v) is 6.63. The van der Waals surface area contributed by atoms with Crippen LogP contribution in [0.3, 0.4) is 0 Å². The fourth-order valence-electron chi connectivity index (χ4n) is 1.24. The van der Waals surface area contributed by atoms with Crippen LogP contribution in [-0.4, -0.2) is 24.7 Å². The number of sulfonamides is 1. The van der Waals surface area contributed by atoms with E-state index in [4.69, 9.17) is 11.6 Å². The molecule has 2 heterocycles. The van der Waals surface area contributed by atoms with Crippen molar-refractivity contribution >= 4 is 33.0 Å². The van der Waals surface area contributed by atoms with Crippen LogP contribution in [0.1, 0.15) is 0 Å². The summed E-state index contributed by atoms with van der Waals surface area (Å²) >= 11 is 6.88. The van der Waals surface area contributed by atoms with Crippen LogP contribution < -0.4 is 4.72 Å². The molecule has 8 heteroatoms. The molecule has 2 aromatic heterocycles. The zero-order chi connectivity index (χ0) is 12.3. The predicted molar refractivity (Wildman–Crippen MR) is 66.7 cm³/mol. The van der Waals surface area contributed by atoms with Gasteiger partial charge in [-0.05, 0) is 11.4 Å². The van der Waals surface area contributed by atoms with Crippen LogP contribution in [0.2, 0.25) is 5.02 Å². The molecule has 0 aromatic carbocycles. The quantitative estimate of drug-likeness (QED) is 0.909. The lowest BCUT2D eigenvalue weighted by atomic mass is 10.6. The van der Waals surface area contributed by atoms with Crippen LogP contribution >= 0.6 is 22.9 Å². The first-order chi connectivity index (χ1) is 8.08. The molecule has 0 spiro atoms. The van der Waals surface area contributed by atoms with E-state index in [1.54, 1.807) is 28.4 Å². The first-order valence-corrected chi connectivity index (χ1v) is 7.53. The summed E-state index contributed by atoms with van der Waals surface area (Å²) in [5.74, 6) is 0. The molecule has 0 aliphatic rings. The molecule has 0 saturated heterocycles. The first-order valence-electron chi connectivity index (χ1n) is 4.79. The van der Waals surface area contributed by atoms with Crippen LogP contribution in [-0.2, 0) is 16.6 Å². The second kappa shape index (κ2) is 5.18. The van der Waals surface area contributed by atoms with Crippen molar-refractivity contribution in [3.63, 3.8) is 0 Å². The van der Waals surface area contributed by atoms with E-state index in [-0.39, 0.29) is 6.54 Å². The van der Waals surface area contributed by atoms with E-state index in [9.17, 15) is 8.42 Å². The van der Waals surface area contributed by atoms with Crippen molar-refractivity contribution in [1.29, 1.82) is 0 Å². The maximum atomic E-state index is 11.7. The number of nitrogens with one attached hydrogen (secondary N) is 1. The second-order valence-electron chi connectivity index (χ2n) is 3.25. The van der Waals surface area contributed by atoms with Crippen molar-refractivity contribution in [3.05, 3.63) is 34.9 Å². The van der Waals surface area contributed by atoms with Gasteiger partial charge in [-0.1, -0.05) is 17.7 Å². The molecule has 0 radical (unpaired) electrons. The van der Waals surface area contributed by atoms with Crippen LogP contribution in [0.25, 0.3) is 0 Å². The third-order valence-electron chi connectivity index (χ3n) is 1.99. The molecule has 0 bridgehead atoms. The van der Waals surface area contributed by atoms with Gasteiger partial charge in [-0.3, -0.25) is 4.68 Å². The molecule has 0 fully saturated rings. The number of hydrogen-bond acceptors (Lipinski definition) is 4. The highest BCUT2D eigenvalue weighted by atomic mass is 35.5. The first kappa shape index (κ1) is 12.6. The molecule has 0 unspecified atom stereocenters. The van der Waals surface area contributed by atoms with E-state index in [0.717, 1.165) is 0 Å². The summed E-state index contributed by atoms with van der Waals surface area (Å²) in [5, 5.41) is 6.21. The van der Waals surface area contributed by atoms with Gasteiger partial charge in [0, 0.05) is 12.7 Å². The minimum Gasteiger partial charge on any atom is -0.270 e. The summed E-state index contributed by atoms with van der Waals surface area (Å²) in [6.45, 7) is 0.718. The third kappa shape index (κ3) is 3.29. The summed E-state index contributed by atoms with van der Waals surface area (Å²) in [6.07, 6.45) is 3.15. The molecular formula is C9H10ClN3O2S2. The standard InChI is InChI=1S/C9H10ClN3O2S2/c10-8-6-11-13(7-8)4-3-12-17(14,15)9-2-1-5-16-9/h1-2,5-7,12H,3-4H2. The Hall–Kier alpha value is -0.890. The molecule has 0 saturated carbocycles. The van der Waals surface area contributed by atoms with Gasteiger partial charge in [0.05, 0.1) is 17.8 Å². The van der Waals surface area contributed by atoms with E-state index < -0.39 is 10.0 Å². The number of hydrogen-bond donors (Lipinski definition) is 1. The minimum atomic E-state index is -3.39. The maximum Gasteiger partial charge on any atom is 0.250 e. The van der Waals surface area contributed by atoms with Gasteiger partial charge in [-0.15, -0.1) is 11.3 Å². The Morgan fingerprint density at radius 1 is 1.53 bits per heavy atom. The summed E-state index contributed by atoms with van der Waals surface area (Å²) in [7, 11) is -3.39. The Morgan fingerprint density at radius 2 is 2.35 bits per heavy atom. The molecule has 0 aliphatic heterocycles. The van der Waals surface area contributed by atoms with Crippen molar-refractivity contribution in [1.82, 2.24) is 14.5 Å². The van der Waals surface area contributed by atoms with Gasteiger partial charge in [0.1, 0.15) is 4.21 Å². The number of aromatic nitrogens is 2. The topological polar surface area (TPSA) is 64.0 Å². The smallest absolute Gasteiger partial charge is 0.250 e. The number of nitrogens with zero attached hydrogens (tertiary/aromatic N) is 2. The number of rotatable bonds is 5. The van der Waals surface area contributed by atoms with Gasteiger partial charge in [-0.25, -0.2) is 13.1 Å². The van der Waals surface area contributed by atoms with Crippen molar-refractivity contribution in [2.45, 2.75) is 10.8 Å². The van der Waals surface area contributed by atoms with Crippen molar-refractivity contribution in [2.24, 2.45) is 0 Å². The molecule has 92 valence electrons. The average Bonchev–Trinajstić information content (AvgIpc) is 2.89. The Balaban J connectivity index is 1.91. The highest BCUT2D eigenvalue weighted by molar-refractivity contribution is 7.91. The van der Waals surface area contributed by atoms with E-state index >= 15 is 0 Å². The van der Waals surface area contributed by atoms with E-state index in [2.05, 4.69) is 9.82 Å². The molecule has 0 amide bonds. The van der Waals surface area contributed by atoms with Gasteiger partial charge in [0.2, 0.25) is 10.0 Å². The number of halogens is 1. The monoisotopic (exact) mass is 291 g/mol. The maximum absolute atomic E-state index is 11.7. The predicted octanol–water partition coefficient (Wildman–Crippen LogP) is 1.58. The lowest BCUT2D eigenvalue weighted by Crippen LogP contribution is -2.26. The largest absolute Gasteiger partial charge is 0.270 e. The number of thiophene rings is 1. The van der Waals surface area contributed by atoms with Crippen molar-refractivity contribution in [2.75, 3.05) is 6.54 Å². The van der Waals surface area contributed by atoms with E-state index in [0.29, 0.717) is 15.8 Å². The van der Waals surface area contributed by atoms with E-state index in [1.165, 1.54) is 17.5 Å². The third-order valence-corrected chi connectivity index (χ3v) is 5.05. The highest BCUT2D eigenvalue weighted by Gasteiger charge is 2.13. The molecule has 2 rings (SSSR count). The minimum absolute atomic E-state index is 0.276. The van der Waals surface area contributed by atoms with Gasteiger partial charge in [0.15, 0.2) is 0 Å². The Kier molecular flexibility index (Phi) is 3.82. The summed E-state index contributed by atoms with van der Waals surface area (Å²) in [6, 6.07) is 3.27. The van der Waals surface area contributed by atoms with Crippen molar-refractivity contribution in [3.8, 4) is 0 Å². The van der Waals surface area contributed by atoms with Crippen LogP contribution in [0.4, 0.5) is 0 Å². The Labute approximate surface area is 108 Å². The molecular weight excluding hydrogens is 282 g/mol. The summed E-state index contributed by atoms with van der Waals surface area (Å²) in [5.41, 5.74) is 0. The van der Waals surface area contributed by atoms with Crippen LogP contribution in [0.15, 0.2) is 34.1 Å². The Morgan fingerprint density at radius 3 is 2.94 bits per heavy atom. The fourth-order valence-corrected chi connectivity index (χ4v) is 3.46.